The Morgan fingerprint density at radius 3 is 2.48 bits per heavy atom. The van der Waals surface area contributed by atoms with Crippen molar-refractivity contribution in [3.05, 3.63) is 45.5 Å². The summed E-state index contributed by atoms with van der Waals surface area (Å²) in [6.45, 7) is 6.13. The highest BCUT2D eigenvalue weighted by molar-refractivity contribution is 5.93. The molecule has 0 aromatic heterocycles. The molecule has 1 aliphatic rings. The second kappa shape index (κ2) is 6.92. The third kappa shape index (κ3) is 4.56. The van der Waals surface area contributed by atoms with Gasteiger partial charge >= 0.3 is 12.1 Å². The summed E-state index contributed by atoms with van der Waals surface area (Å²) in [7, 11) is 0. The number of nitro benzene ring substituents is 1. The molecule has 0 saturated carbocycles. The molecule has 1 aliphatic heterocycles. The molecule has 1 aromatic carbocycles. The van der Waals surface area contributed by atoms with Gasteiger partial charge < -0.3 is 14.7 Å². The van der Waals surface area contributed by atoms with Gasteiger partial charge in [-0.3, -0.25) is 10.1 Å². The molecule has 1 heterocycles. The van der Waals surface area contributed by atoms with E-state index < -0.39 is 28.3 Å². The molecule has 1 N–H and O–H groups in total. The predicted octanol–water partition coefficient (Wildman–Crippen LogP) is 3.32. The van der Waals surface area contributed by atoms with Crippen molar-refractivity contribution in [1.29, 1.82) is 0 Å². The van der Waals surface area contributed by atoms with E-state index in [-0.39, 0.29) is 5.56 Å². The van der Waals surface area contributed by atoms with Crippen LogP contribution in [0.3, 0.4) is 0 Å². The minimum Gasteiger partial charge on any atom is -0.477 e. The van der Waals surface area contributed by atoms with Crippen LogP contribution in [0, 0.1) is 10.1 Å². The Bertz CT molecular complexity index is 748. The molecule has 0 saturated heterocycles. The Morgan fingerprint density at radius 1 is 1.32 bits per heavy atom. The van der Waals surface area contributed by atoms with Crippen molar-refractivity contribution in [2.75, 3.05) is 13.1 Å². The molecule has 0 spiro atoms. The summed E-state index contributed by atoms with van der Waals surface area (Å²) >= 11 is 0. The quantitative estimate of drug-likeness (QED) is 0.663. The van der Waals surface area contributed by atoms with Crippen LogP contribution in [0.4, 0.5) is 10.5 Å². The minimum absolute atomic E-state index is 0.332. The number of carboxylic acids is 1. The van der Waals surface area contributed by atoms with Crippen LogP contribution in [0.1, 0.15) is 43.1 Å². The zero-order valence-corrected chi connectivity index (χ0v) is 14.3. The van der Waals surface area contributed by atoms with Crippen LogP contribution in [0.25, 0.3) is 5.57 Å². The molecule has 134 valence electrons. The average Bonchev–Trinajstić information content (AvgIpc) is 2.52. The molecule has 0 fully saturated rings. The fraction of sp³-hybridized carbons (Fsp3) is 0.412. The molecule has 1 amide bonds. The molecule has 25 heavy (non-hydrogen) atoms. The van der Waals surface area contributed by atoms with E-state index in [2.05, 4.69) is 0 Å². The number of rotatable bonds is 3. The molecule has 2 rings (SSSR count). The van der Waals surface area contributed by atoms with Gasteiger partial charge in [0.25, 0.3) is 5.69 Å². The third-order valence-electron chi connectivity index (χ3n) is 3.66. The predicted molar refractivity (Wildman–Crippen MR) is 90.5 cm³/mol. The molecule has 1 aromatic rings. The van der Waals surface area contributed by atoms with E-state index in [1.54, 1.807) is 37.8 Å². The first-order chi connectivity index (χ1) is 11.6. The number of amides is 1. The van der Waals surface area contributed by atoms with Gasteiger partial charge in [0.1, 0.15) is 11.2 Å². The molecule has 8 heteroatoms. The summed E-state index contributed by atoms with van der Waals surface area (Å²) in [5.41, 5.74) is 0.0512. The zero-order valence-electron chi connectivity index (χ0n) is 14.3. The molecular formula is C17H20N2O6. The SMILES string of the molecule is CC(C)(C)OC(=O)N1CC=C(c2ccc(C(=O)O)c([N+](=O)[O-])c2)CC1. The Morgan fingerprint density at radius 2 is 2.00 bits per heavy atom. The van der Waals surface area contributed by atoms with Gasteiger partial charge in [-0.15, -0.1) is 0 Å². The van der Waals surface area contributed by atoms with Gasteiger partial charge in [-0.1, -0.05) is 12.1 Å². The highest BCUT2D eigenvalue weighted by Gasteiger charge is 2.25. The van der Waals surface area contributed by atoms with Crippen LogP contribution in [-0.4, -0.2) is 45.7 Å². The maximum Gasteiger partial charge on any atom is 0.410 e. The smallest absolute Gasteiger partial charge is 0.410 e. The number of hydrogen-bond acceptors (Lipinski definition) is 5. The van der Waals surface area contributed by atoms with Crippen molar-refractivity contribution in [3.8, 4) is 0 Å². The number of nitro groups is 1. The summed E-state index contributed by atoms with van der Waals surface area (Å²) in [6.07, 6.45) is 1.89. The highest BCUT2D eigenvalue weighted by Crippen LogP contribution is 2.28. The molecule has 0 radical (unpaired) electrons. The van der Waals surface area contributed by atoms with E-state index in [1.807, 2.05) is 0 Å². The standard InChI is InChI=1S/C17H20N2O6/c1-17(2,3)25-16(22)18-8-6-11(7-9-18)12-4-5-13(15(20)21)14(10-12)19(23)24/h4-6,10H,7-9H2,1-3H3,(H,20,21). The fourth-order valence-corrected chi connectivity index (χ4v) is 2.49. The van der Waals surface area contributed by atoms with Crippen molar-refractivity contribution < 1.29 is 24.4 Å². The number of hydrogen-bond donors (Lipinski definition) is 1. The van der Waals surface area contributed by atoms with Crippen molar-refractivity contribution >= 4 is 23.3 Å². The van der Waals surface area contributed by atoms with Crippen LogP contribution in [0.15, 0.2) is 24.3 Å². The maximum absolute atomic E-state index is 12.0. The van der Waals surface area contributed by atoms with Crippen LogP contribution in [0.5, 0.6) is 0 Å². The second-order valence-electron chi connectivity index (χ2n) is 6.70. The van der Waals surface area contributed by atoms with E-state index in [9.17, 15) is 19.7 Å². The topological polar surface area (TPSA) is 110 Å². The van der Waals surface area contributed by atoms with Crippen molar-refractivity contribution in [2.24, 2.45) is 0 Å². The molecule has 0 unspecified atom stereocenters. The lowest BCUT2D eigenvalue weighted by atomic mass is 9.97. The largest absolute Gasteiger partial charge is 0.477 e. The Labute approximate surface area is 144 Å². The summed E-state index contributed by atoms with van der Waals surface area (Å²) in [5, 5.41) is 20.1. The van der Waals surface area contributed by atoms with Crippen LogP contribution >= 0.6 is 0 Å². The Kier molecular flexibility index (Phi) is 5.10. The summed E-state index contributed by atoms with van der Waals surface area (Å²) in [5.74, 6) is -1.34. The molecule has 8 nitrogen and oxygen atoms in total. The van der Waals surface area contributed by atoms with Crippen LogP contribution in [0.2, 0.25) is 0 Å². The van der Waals surface area contributed by atoms with Crippen LogP contribution in [-0.2, 0) is 4.74 Å². The van der Waals surface area contributed by atoms with Gasteiger partial charge in [0.15, 0.2) is 0 Å². The third-order valence-corrected chi connectivity index (χ3v) is 3.66. The van der Waals surface area contributed by atoms with Gasteiger partial charge in [-0.25, -0.2) is 9.59 Å². The highest BCUT2D eigenvalue weighted by atomic mass is 16.6. The number of carbonyl (C=O) groups is 2. The van der Waals surface area contributed by atoms with Crippen molar-refractivity contribution in [1.82, 2.24) is 4.90 Å². The van der Waals surface area contributed by atoms with Gasteiger partial charge in [0.2, 0.25) is 0 Å². The molecule has 0 bridgehead atoms. The van der Waals surface area contributed by atoms with Gasteiger partial charge in [0, 0.05) is 19.2 Å². The number of benzene rings is 1. The van der Waals surface area contributed by atoms with E-state index in [1.165, 1.54) is 12.1 Å². The van der Waals surface area contributed by atoms with Gasteiger partial charge in [-0.2, -0.15) is 0 Å². The van der Waals surface area contributed by atoms with Crippen molar-refractivity contribution in [3.63, 3.8) is 0 Å². The van der Waals surface area contributed by atoms with Crippen molar-refractivity contribution in [2.45, 2.75) is 32.8 Å². The first-order valence-electron chi connectivity index (χ1n) is 7.77. The zero-order chi connectivity index (χ0) is 18.8. The summed E-state index contributed by atoms with van der Waals surface area (Å²) in [6, 6.07) is 4.04. The first kappa shape index (κ1) is 18.4. The number of carboxylic acid groups (broad SMARTS) is 1. The van der Waals surface area contributed by atoms with E-state index >= 15 is 0 Å². The van der Waals surface area contributed by atoms with E-state index in [0.29, 0.717) is 25.1 Å². The minimum atomic E-state index is -1.34. The lowest BCUT2D eigenvalue weighted by molar-refractivity contribution is -0.385. The number of carbonyl (C=O) groups excluding carboxylic acids is 1. The average molecular weight is 348 g/mol. The number of aromatic carboxylic acids is 1. The Balaban J connectivity index is 2.19. The number of ether oxygens (including phenoxy) is 1. The second-order valence-corrected chi connectivity index (χ2v) is 6.70. The van der Waals surface area contributed by atoms with Gasteiger partial charge in [0.05, 0.1) is 4.92 Å². The van der Waals surface area contributed by atoms with Gasteiger partial charge in [-0.05, 0) is 44.4 Å². The summed E-state index contributed by atoms with van der Waals surface area (Å²) < 4.78 is 5.31. The first-order valence-corrected chi connectivity index (χ1v) is 7.77. The maximum atomic E-state index is 12.0. The summed E-state index contributed by atoms with van der Waals surface area (Å²) in [4.78, 5) is 35.0. The lowest BCUT2D eigenvalue weighted by Crippen LogP contribution is -2.39. The molecule has 0 aliphatic carbocycles. The Hall–Kier alpha value is -2.90. The molecule has 0 atom stereocenters. The van der Waals surface area contributed by atoms with E-state index in [0.717, 1.165) is 5.57 Å². The molecular weight excluding hydrogens is 328 g/mol. The van der Waals surface area contributed by atoms with Crippen LogP contribution < -0.4 is 0 Å². The lowest BCUT2D eigenvalue weighted by Gasteiger charge is -2.29. The normalized spacial score (nSPS) is 14.7. The number of nitrogens with zero attached hydrogens (tertiary/aromatic N) is 2. The van der Waals surface area contributed by atoms with E-state index in [4.69, 9.17) is 9.84 Å². The fourth-order valence-electron chi connectivity index (χ4n) is 2.49. The monoisotopic (exact) mass is 348 g/mol.